The molecule has 1 aromatic carbocycles. The Morgan fingerprint density at radius 3 is 2.57 bits per heavy atom. The maximum Gasteiger partial charge on any atom is 0.416 e. The van der Waals surface area contributed by atoms with Crippen LogP contribution >= 0.6 is 0 Å². The summed E-state index contributed by atoms with van der Waals surface area (Å²) in [6, 6.07) is 6.01. The Morgan fingerprint density at radius 1 is 1.23 bits per heavy atom. The summed E-state index contributed by atoms with van der Waals surface area (Å²) in [4.78, 5) is 25.2. The van der Waals surface area contributed by atoms with Crippen LogP contribution in [0.15, 0.2) is 47.0 Å². The van der Waals surface area contributed by atoms with Crippen LogP contribution in [0, 0.1) is 6.92 Å². The van der Waals surface area contributed by atoms with Gasteiger partial charge in [0.05, 0.1) is 18.2 Å². The molecule has 1 atom stereocenters. The highest BCUT2D eigenvalue weighted by Crippen LogP contribution is 2.31. The van der Waals surface area contributed by atoms with Gasteiger partial charge in [0.15, 0.2) is 11.8 Å². The normalized spacial score (nSPS) is 12.5. The summed E-state index contributed by atoms with van der Waals surface area (Å²) < 4.78 is 50.8. The predicted octanol–water partition coefficient (Wildman–Crippen LogP) is 3.65. The lowest BCUT2D eigenvalue weighted by molar-refractivity contribution is -0.143. The number of carbonyl (C=O) groups excluding carboxylic acids is 2. The molecule has 0 aliphatic heterocycles. The molecule has 0 radical (unpaired) electrons. The molecule has 2 heterocycles. The maximum atomic E-state index is 13.1. The molecule has 0 fully saturated rings. The number of halogens is 3. The Morgan fingerprint density at radius 2 is 1.97 bits per heavy atom. The van der Waals surface area contributed by atoms with Crippen molar-refractivity contribution >= 4 is 11.9 Å². The summed E-state index contributed by atoms with van der Waals surface area (Å²) in [5.74, 6) is -0.688. The second-order valence-electron chi connectivity index (χ2n) is 6.53. The van der Waals surface area contributed by atoms with E-state index in [-0.39, 0.29) is 16.8 Å². The first-order valence-electron chi connectivity index (χ1n) is 8.76. The second-order valence-corrected chi connectivity index (χ2v) is 6.53. The van der Waals surface area contributed by atoms with Crippen LogP contribution in [0.2, 0.25) is 0 Å². The van der Waals surface area contributed by atoms with Gasteiger partial charge >= 0.3 is 12.1 Å². The lowest BCUT2D eigenvalue weighted by Crippen LogP contribution is -2.34. The van der Waals surface area contributed by atoms with Crippen molar-refractivity contribution in [1.29, 1.82) is 0 Å². The van der Waals surface area contributed by atoms with Gasteiger partial charge < -0.3 is 14.5 Å². The lowest BCUT2D eigenvalue weighted by atomic mass is 10.0. The van der Waals surface area contributed by atoms with E-state index < -0.39 is 29.7 Å². The Balaban J connectivity index is 1.96. The number of amides is 1. The standard InChI is InChI=1S/C20H18F3N3O4/c1-11-7-8-15(30-11)17-14(10-26(2)25-17)18(27)24-16(19(28)29-3)12-5-4-6-13(9-12)20(21,22)23/h4-10,16H,1-3H3,(H,24,27). The third kappa shape index (κ3) is 4.37. The predicted molar refractivity (Wildman–Crippen MR) is 99.3 cm³/mol. The molecule has 0 saturated heterocycles. The Labute approximate surface area is 169 Å². The van der Waals surface area contributed by atoms with Crippen molar-refractivity contribution in [3.8, 4) is 11.5 Å². The number of furan rings is 1. The monoisotopic (exact) mass is 421 g/mol. The summed E-state index contributed by atoms with van der Waals surface area (Å²) in [6.07, 6.45) is -3.18. The number of benzene rings is 1. The molecule has 0 spiro atoms. The van der Waals surface area contributed by atoms with Gasteiger partial charge in [-0.3, -0.25) is 9.48 Å². The topological polar surface area (TPSA) is 86.4 Å². The number of aryl methyl sites for hydroxylation is 2. The van der Waals surface area contributed by atoms with Crippen molar-refractivity contribution < 1.29 is 31.9 Å². The van der Waals surface area contributed by atoms with Crippen molar-refractivity contribution in [1.82, 2.24) is 15.1 Å². The number of alkyl halides is 3. The molecule has 158 valence electrons. The molecule has 3 aromatic rings. The van der Waals surface area contributed by atoms with Crippen LogP contribution in [0.3, 0.4) is 0 Å². The van der Waals surface area contributed by atoms with Gasteiger partial charge in [-0.15, -0.1) is 0 Å². The molecule has 1 unspecified atom stereocenters. The number of esters is 1. The van der Waals surface area contributed by atoms with Crippen LogP contribution in [-0.2, 0) is 22.8 Å². The minimum absolute atomic E-state index is 0.0655. The fourth-order valence-corrected chi connectivity index (χ4v) is 2.90. The summed E-state index contributed by atoms with van der Waals surface area (Å²) in [6.45, 7) is 1.73. The highest BCUT2D eigenvalue weighted by atomic mass is 19.4. The summed E-state index contributed by atoms with van der Waals surface area (Å²) in [7, 11) is 2.68. The first-order chi connectivity index (χ1) is 14.1. The quantitative estimate of drug-likeness (QED) is 0.636. The molecule has 0 aliphatic carbocycles. The number of carbonyl (C=O) groups is 2. The third-order valence-corrected chi connectivity index (χ3v) is 4.31. The number of nitrogens with zero attached hydrogens (tertiary/aromatic N) is 2. The van der Waals surface area contributed by atoms with E-state index in [1.165, 1.54) is 16.9 Å². The number of hydrogen-bond donors (Lipinski definition) is 1. The molecule has 2 aromatic heterocycles. The smallest absolute Gasteiger partial charge is 0.416 e. The largest absolute Gasteiger partial charge is 0.467 e. The van der Waals surface area contributed by atoms with Crippen LogP contribution in [-0.4, -0.2) is 28.8 Å². The van der Waals surface area contributed by atoms with Gasteiger partial charge in [0.1, 0.15) is 11.5 Å². The SMILES string of the molecule is COC(=O)C(NC(=O)c1cn(C)nc1-c1ccc(C)o1)c1cccc(C(F)(F)F)c1. The van der Waals surface area contributed by atoms with E-state index in [2.05, 4.69) is 15.2 Å². The van der Waals surface area contributed by atoms with Gasteiger partial charge in [-0.05, 0) is 36.8 Å². The molecular formula is C20H18F3N3O4. The molecule has 10 heteroatoms. The Kier molecular flexibility index (Phi) is 5.68. The molecule has 1 amide bonds. The first kappa shape index (κ1) is 21.2. The maximum absolute atomic E-state index is 13.1. The first-order valence-corrected chi connectivity index (χ1v) is 8.76. The van der Waals surface area contributed by atoms with Gasteiger partial charge in [-0.25, -0.2) is 4.79 Å². The number of ether oxygens (including phenoxy) is 1. The van der Waals surface area contributed by atoms with Crippen LogP contribution in [0.1, 0.15) is 33.3 Å². The Hall–Kier alpha value is -3.56. The summed E-state index contributed by atoms with van der Waals surface area (Å²) in [5.41, 5.74) is -0.691. The highest BCUT2D eigenvalue weighted by Gasteiger charge is 2.33. The average molecular weight is 421 g/mol. The van der Waals surface area contributed by atoms with Crippen LogP contribution in [0.25, 0.3) is 11.5 Å². The van der Waals surface area contributed by atoms with Gasteiger partial charge in [0.2, 0.25) is 0 Å². The van der Waals surface area contributed by atoms with Crippen molar-refractivity contribution in [3.63, 3.8) is 0 Å². The number of methoxy groups -OCH3 is 1. The Bertz CT molecular complexity index is 1090. The summed E-state index contributed by atoms with van der Waals surface area (Å²) in [5, 5.41) is 6.64. The summed E-state index contributed by atoms with van der Waals surface area (Å²) >= 11 is 0. The minimum atomic E-state index is -4.60. The second kappa shape index (κ2) is 8.05. The van der Waals surface area contributed by atoms with Gasteiger partial charge in [0, 0.05) is 13.2 Å². The van der Waals surface area contributed by atoms with E-state index >= 15 is 0 Å². The fraction of sp³-hybridized carbons (Fsp3) is 0.250. The zero-order chi connectivity index (χ0) is 22.1. The van der Waals surface area contributed by atoms with Gasteiger partial charge in [-0.2, -0.15) is 18.3 Å². The number of rotatable bonds is 5. The zero-order valence-corrected chi connectivity index (χ0v) is 16.3. The van der Waals surface area contributed by atoms with Crippen molar-refractivity contribution in [2.75, 3.05) is 7.11 Å². The molecule has 3 rings (SSSR count). The van der Waals surface area contributed by atoms with Gasteiger partial charge in [-0.1, -0.05) is 12.1 Å². The molecule has 0 saturated carbocycles. The van der Waals surface area contributed by atoms with Crippen LogP contribution in [0.5, 0.6) is 0 Å². The highest BCUT2D eigenvalue weighted by molar-refractivity contribution is 6.01. The van der Waals surface area contributed by atoms with Crippen molar-refractivity contribution in [2.24, 2.45) is 7.05 Å². The zero-order valence-electron chi connectivity index (χ0n) is 16.3. The van der Waals surface area contributed by atoms with E-state index in [4.69, 9.17) is 4.42 Å². The third-order valence-electron chi connectivity index (χ3n) is 4.31. The molecule has 30 heavy (non-hydrogen) atoms. The molecule has 0 bridgehead atoms. The van der Waals surface area contributed by atoms with Crippen molar-refractivity contribution in [2.45, 2.75) is 19.1 Å². The van der Waals surface area contributed by atoms with E-state index in [9.17, 15) is 22.8 Å². The number of hydrogen-bond acceptors (Lipinski definition) is 5. The molecule has 0 aliphatic rings. The van der Waals surface area contributed by atoms with Crippen LogP contribution < -0.4 is 5.32 Å². The minimum Gasteiger partial charge on any atom is -0.467 e. The van der Waals surface area contributed by atoms with Crippen molar-refractivity contribution in [3.05, 3.63) is 65.0 Å². The molecule has 1 N–H and O–H groups in total. The van der Waals surface area contributed by atoms with E-state index in [1.54, 1.807) is 26.1 Å². The van der Waals surface area contributed by atoms with E-state index in [1.807, 2.05) is 0 Å². The van der Waals surface area contributed by atoms with Gasteiger partial charge in [0.25, 0.3) is 5.91 Å². The average Bonchev–Trinajstić information content (AvgIpc) is 3.30. The van der Waals surface area contributed by atoms with E-state index in [0.29, 0.717) is 11.5 Å². The molecule has 7 nitrogen and oxygen atoms in total. The molecular weight excluding hydrogens is 403 g/mol. The number of aromatic nitrogens is 2. The van der Waals surface area contributed by atoms with Crippen LogP contribution in [0.4, 0.5) is 13.2 Å². The lowest BCUT2D eigenvalue weighted by Gasteiger charge is -2.18. The number of nitrogens with one attached hydrogen (secondary N) is 1. The van der Waals surface area contributed by atoms with E-state index in [0.717, 1.165) is 25.3 Å². The fourth-order valence-electron chi connectivity index (χ4n) is 2.90.